The van der Waals surface area contributed by atoms with E-state index in [0.29, 0.717) is 5.92 Å². The molecule has 1 amide bonds. The number of amides is 1. The summed E-state index contributed by atoms with van der Waals surface area (Å²) in [4.78, 5) is 12.3. The first-order chi connectivity index (χ1) is 11.4. The van der Waals surface area contributed by atoms with Gasteiger partial charge in [-0.2, -0.15) is 5.10 Å². The number of para-hydroxylation sites is 1. The lowest BCUT2D eigenvalue weighted by Crippen LogP contribution is -2.36. The van der Waals surface area contributed by atoms with Crippen molar-refractivity contribution in [2.24, 2.45) is 0 Å². The highest BCUT2D eigenvalue weighted by molar-refractivity contribution is 5.93. The summed E-state index contributed by atoms with van der Waals surface area (Å²) in [5.41, 5.74) is 5.26. The molecule has 5 heteroatoms. The number of aromatic amines is 1. The monoisotopic (exact) mass is 328 g/mol. The number of hydrogen-bond donors (Lipinski definition) is 3. The van der Waals surface area contributed by atoms with Gasteiger partial charge in [-0.25, -0.2) is 0 Å². The molecule has 24 heavy (non-hydrogen) atoms. The molecule has 130 valence electrons. The maximum Gasteiger partial charge on any atom is 0.238 e. The molecule has 0 saturated heterocycles. The Bertz CT molecular complexity index is 690. The average molecular weight is 328 g/mol. The van der Waals surface area contributed by atoms with E-state index in [0.717, 1.165) is 29.1 Å². The molecule has 3 N–H and O–H groups in total. The molecule has 1 heterocycles. The number of aryl methyl sites for hydroxylation is 2. The molecule has 0 aliphatic rings. The van der Waals surface area contributed by atoms with Crippen molar-refractivity contribution in [3.05, 3.63) is 46.8 Å². The van der Waals surface area contributed by atoms with Crippen molar-refractivity contribution in [1.82, 2.24) is 15.5 Å². The van der Waals surface area contributed by atoms with Gasteiger partial charge in [0.15, 0.2) is 0 Å². The van der Waals surface area contributed by atoms with Crippen LogP contribution >= 0.6 is 0 Å². The van der Waals surface area contributed by atoms with Crippen LogP contribution in [0, 0.1) is 13.8 Å². The molecular weight excluding hydrogens is 300 g/mol. The van der Waals surface area contributed by atoms with E-state index in [4.69, 9.17) is 0 Å². The number of rotatable bonds is 7. The minimum atomic E-state index is -0.0174. The quantitative estimate of drug-likeness (QED) is 0.730. The van der Waals surface area contributed by atoms with Gasteiger partial charge in [-0.05, 0) is 43.9 Å². The van der Waals surface area contributed by atoms with Crippen molar-refractivity contribution in [2.45, 2.75) is 53.0 Å². The summed E-state index contributed by atoms with van der Waals surface area (Å²) in [6, 6.07) is 8.34. The maximum absolute atomic E-state index is 12.3. The Labute approximate surface area is 144 Å². The molecule has 2 aromatic rings. The molecule has 0 aliphatic carbocycles. The van der Waals surface area contributed by atoms with Crippen LogP contribution in [0.4, 0.5) is 5.69 Å². The molecule has 0 aliphatic heterocycles. The number of benzene rings is 1. The highest BCUT2D eigenvalue weighted by Crippen LogP contribution is 2.27. The van der Waals surface area contributed by atoms with Crippen LogP contribution in [0.25, 0.3) is 0 Å². The van der Waals surface area contributed by atoms with Crippen molar-refractivity contribution >= 4 is 11.6 Å². The van der Waals surface area contributed by atoms with E-state index < -0.39 is 0 Å². The van der Waals surface area contributed by atoms with Crippen molar-refractivity contribution in [1.29, 1.82) is 0 Å². The fraction of sp³-hybridized carbons (Fsp3) is 0.474. The molecule has 0 spiro atoms. The predicted molar refractivity (Wildman–Crippen MR) is 98.4 cm³/mol. The summed E-state index contributed by atoms with van der Waals surface area (Å²) in [7, 11) is 0. The van der Waals surface area contributed by atoms with Crippen LogP contribution in [0.5, 0.6) is 0 Å². The second kappa shape index (κ2) is 8.11. The topological polar surface area (TPSA) is 69.8 Å². The van der Waals surface area contributed by atoms with Gasteiger partial charge in [0.1, 0.15) is 0 Å². The van der Waals surface area contributed by atoms with Crippen LogP contribution in [0.2, 0.25) is 0 Å². The number of aromatic nitrogens is 2. The van der Waals surface area contributed by atoms with Gasteiger partial charge in [-0.1, -0.05) is 32.0 Å². The van der Waals surface area contributed by atoms with Crippen molar-refractivity contribution in [3.8, 4) is 0 Å². The third-order valence-corrected chi connectivity index (χ3v) is 4.08. The maximum atomic E-state index is 12.3. The number of nitrogens with one attached hydrogen (secondary N) is 3. The smallest absolute Gasteiger partial charge is 0.238 e. The average Bonchev–Trinajstić information content (AvgIpc) is 2.92. The zero-order valence-corrected chi connectivity index (χ0v) is 15.2. The van der Waals surface area contributed by atoms with Gasteiger partial charge in [-0.3, -0.25) is 9.89 Å². The van der Waals surface area contributed by atoms with Gasteiger partial charge in [0.2, 0.25) is 5.91 Å². The number of hydrogen-bond acceptors (Lipinski definition) is 3. The minimum absolute atomic E-state index is 0.0174. The van der Waals surface area contributed by atoms with E-state index in [1.54, 1.807) is 0 Å². The fourth-order valence-corrected chi connectivity index (χ4v) is 2.76. The number of carbonyl (C=O) groups is 1. The lowest BCUT2D eigenvalue weighted by molar-refractivity contribution is -0.115. The van der Waals surface area contributed by atoms with Crippen LogP contribution in [-0.2, 0) is 11.2 Å². The summed E-state index contributed by atoms with van der Waals surface area (Å²) < 4.78 is 0. The van der Waals surface area contributed by atoms with Gasteiger partial charge >= 0.3 is 0 Å². The third kappa shape index (κ3) is 4.93. The highest BCUT2D eigenvalue weighted by atomic mass is 16.1. The van der Waals surface area contributed by atoms with Gasteiger partial charge < -0.3 is 10.6 Å². The second-order valence-corrected chi connectivity index (χ2v) is 6.77. The summed E-state index contributed by atoms with van der Waals surface area (Å²) in [5.74, 6) is 0.353. The Morgan fingerprint density at radius 3 is 2.62 bits per heavy atom. The van der Waals surface area contributed by atoms with Crippen molar-refractivity contribution < 1.29 is 4.79 Å². The Balaban J connectivity index is 1.89. The van der Waals surface area contributed by atoms with E-state index in [9.17, 15) is 4.79 Å². The summed E-state index contributed by atoms with van der Waals surface area (Å²) in [6.07, 6.45) is 0.791. The molecule has 0 bridgehead atoms. The SMILES string of the molecule is Cc1cc(C[C@H](C)NCC(=O)Nc2c(C)cccc2C(C)C)n[nH]1. The summed E-state index contributed by atoms with van der Waals surface area (Å²) in [5, 5.41) is 13.5. The fourth-order valence-electron chi connectivity index (χ4n) is 2.76. The Morgan fingerprint density at radius 1 is 1.25 bits per heavy atom. The van der Waals surface area contributed by atoms with Crippen LogP contribution in [0.3, 0.4) is 0 Å². The Hall–Kier alpha value is -2.14. The first-order valence-corrected chi connectivity index (χ1v) is 8.50. The molecule has 0 saturated carbocycles. The van der Waals surface area contributed by atoms with Gasteiger partial charge in [0, 0.05) is 23.8 Å². The Morgan fingerprint density at radius 2 is 2.00 bits per heavy atom. The van der Waals surface area contributed by atoms with E-state index in [2.05, 4.69) is 47.7 Å². The Kier molecular flexibility index (Phi) is 6.15. The largest absolute Gasteiger partial charge is 0.324 e. The molecule has 0 fully saturated rings. The van der Waals surface area contributed by atoms with Gasteiger partial charge in [-0.15, -0.1) is 0 Å². The molecule has 2 rings (SSSR count). The van der Waals surface area contributed by atoms with Crippen LogP contribution in [0.1, 0.15) is 49.2 Å². The molecule has 1 aromatic carbocycles. The first-order valence-electron chi connectivity index (χ1n) is 8.50. The van der Waals surface area contributed by atoms with E-state index in [-0.39, 0.29) is 18.5 Å². The second-order valence-electron chi connectivity index (χ2n) is 6.77. The molecule has 1 aromatic heterocycles. The number of carbonyl (C=O) groups excluding carboxylic acids is 1. The summed E-state index contributed by atoms with van der Waals surface area (Å²) in [6.45, 7) is 10.6. The van der Waals surface area contributed by atoms with E-state index >= 15 is 0 Å². The van der Waals surface area contributed by atoms with E-state index in [1.165, 1.54) is 5.56 Å². The highest BCUT2D eigenvalue weighted by Gasteiger charge is 2.13. The lowest BCUT2D eigenvalue weighted by atomic mass is 9.98. The first kappa shape index (κ1) is 18.2. The molecule has 1 atom stereocenters. The predicted octanol–water partition coefficient (Wildman–Crippen LogP) is 3.31. The molecule has 5 nitrogen and oxygen atoms in total. The van der Waals surface area contributed by atoms with Crippen LogP contribution in [-0.4, -0.2) is 28.7 Å². The molecule has 0 radical (unpaired) electrons. The zero-order chi connectivity index (χ0) is 17.7. The van der Waals surface area contributed by atoms with Crippen molar-refractivity contribution in [3.63, 3.8) is 0 Å². The lowest BCUT2D eigenvalue weighted by Gasteiger charge is -2.17. The standard InChI is InChI=1S/C19H28N4O/c1-12(2)17-8-6-7-13(3)19(17)21-18(24)11-20-14(4)9-16-10-15(5)22-23-16/h6-8,10,12,14,20H,9,11H2,1-5H3,(H,21,24)(H,22,23)/t14-/m0/s1. The molecular formula is C19H28N4O. The normalized spacial score (nSPS) is 12.4. The number of anilines is 1. The third-order valence-electron chi connectivity index (χ3n) is 4.08. The van der Waals surface area contributed by atoms with Crippen molar-refractivity contribution in [2.75, 3.05) is 11.9 Å². The number of nitrogens with zero attached hydrogens (tertiary/aromatic N) is 1. The van der Waals surface area contributed by atoms with Gasteiger partial charge in [0.05, 0.1) is 12.2 Å². The minimum Gasteiger partial charge on any atom is -0.324 e. The van der Waals surface area contributed by atoms with Crippen LogP contribution < -0.4 is 10.6 Å². The zero-order valence-electron chi connectivity index (χ0n) is 15.2. The summed E-state index contributed by atoms with van der Waals surface area (Å²) >= 11 is 0. The van der Waals surface area contributed by atoms with Gasteiger partial charge in [0.25, 0.3) is 0 Å². The van der Waals surface area contributed by atoms with Crippen LogP contribution in [0.15, 0.2) is 24.3 Å². The molecule has 0 unspecified atom stereocenters. The number of H-pyrrole nitrogens is 1. The van der Waals surface area contributed by atoms with E-state index in [1.807, 2.05) is 32.0 Å².